The number of hydrogen-bond donors (Lipinski definition) is 1. The molecule has 25 heavy (non-hydrogen) atoms. The van der Waals surface area contributed by atoms with Crippen LogP contribution in [-0.4, -0.2) is 49.2 Å². The average Bonchev–Trinajstić information content (AvgIpc) is 2.61. The molecule has 6 heteroatoms. The lowest BCUT2D eigenvalue weighted by Gasteiger charge is -2.32. The van der Waals surface area contributed by atoms with Crippen molar-refractivity contribution in [1.82, 2.24) is 10.2 Å². The molecule has 1 saturated heterocycles. The average molecular weight is 348 g/mol. The molecule has 0 spiro atoms. The minimum absolute atomic E-state index is 0.0903. The van der Waals surface area contributed by atoms with E-state index in [4.69, 9.17) is 9.47 Å². The van der Waals surface area contributed by atoms with Gasteiger partial charge in [-0.05, 0) is 44.7 Å². The lowest BCUT2D eigenvalue weighted by atomic mass is 10.0. The Morgan fingerprint density at radius 2 is 1.96 bits per heavy atom. The highest BCUT2D eigenvalue weighted by atomic mass is 16.5. The number of piperidine rings is 1. The Kier molecular flexibility index (Phi) is 7.57. The first-order chi connectivity index (χ1) is 12.1. The van der Waals surface area contributed by atoms with Crippen LogP contribution in [0.4, 0.5) is 4.79 Å². The van der Waals surface area contributed by atoms with Crippen LogP contribution < -0.4 is 10.1 Å². The van der Waals surface area contributed by atoms with Gasteiger partial charge in [0.05, 0.1) is 13.2 Å². The van der Waals surface area contributed by atoms with Crippen molar-refractivity contribution in [2.75, 3.05) is 26.3 Å². The zero-order valence-electron chi connectivity index (χ0n) is 15.1. The molecule has 0 bridgehead atoms. The Labute approximate surface area is 149 Å². The van der Waals surface area contributed by atoms with E-state index >= 15 is 0 Å². The summed E-state index contributed by atoms with van der Waals surface area (Å²) in [4.78, 5) is 25.6. The molecule has 0 saturated carbocycles. The monoisotopic (exact) mass is 348 g/mol. The van der Waals surface area contributed by atoms with Gasteiger partial charge in [-0.2, -0.15) is 0 Å². The molecule has 1 aliphatic heterocycles. The predicted octanol–water partition coefficient (Wildman–Crippen LogP) is 2.89. The number of alkyl carbamates (subject to hydrolysis) is 1. The highest BCUT2D eigenvalue weighted by molar-refractivity contribution is 5.76. The second kappa shape index (κ2) is 9.91. The summed E-state index contributed by atoms with van der Waals surface area (Å²) in [5.74, 6) is 1.03. The van der Waals surface area contributed by atoms with E-state index in [0.717, 1.165) is 24.2 Å². The predicted molar refractivity (Wildman–Crippen MR) is 95.7 cm³/mol. The van der Waals surface area contributed by atoms with Crippen LogP contribution in [0, 0.1) is 6.92 Å². The van der Waals surface area contributed by atoms with E-state index in [-0.39, 0.29) is 18.0 Å². The van der Waals surface area contributed by atoms with Crippen molar-refractivity contribution in [2.24, 2.45) is 0 Å². The third kappa shape index (κ3) is 6.29. The van der Waals surface area contributed by atoms with E-state index in [0.29, 0.717) is 39.1 Å². The van der Waals surface area contributed by atoms with Gasteiger partial charge in [0.25, 0.3) is 0 Å². The Bertz CT molecular complexity index is 568. The third-order valence-electron chi connectivity index (χ3n) is 4.33. The SMILES string of the molecule is CCOC(=O)NC1CCN(C(=O)CCCOc2ccccc2C)CC1. The fraction of sp³-hybridized carbons (Fsp3) is 0.579. The topological polar surface area (TPSA) is 67.9 Å². The number of hydrogen-bond acceptors (Lipinski definition) is 4. The van der Waals surface area contributed by atoms with Crippen LogP contribution in [0.25, 0.3) is 0 Å². The molecule has 0 unspecified atom stereocenters. The minimum atomic E-state index is -0.374. The lowest BCUT2D eigenvalue weighted by molar-refractivity contribution is -0.132. The molecular weight excluding hydrogens is 320 g/mol. The van der Waals surface area contributed by atoms with Crippen molar-refractivity contribution in [2.45, 2.75) is 45.6 Å². The van der Waals surface area contributed by atoms with Gasteiger partial charge in [-0.25, -0.2) is 4.79 Å². The van der Waals surface area contributed by atoms with E-state index in [1.807, 2.05) is 36.1 Å². The quantitative estimate of drug-likeness (QED) is 0.770. The zero-order valence-corrected chi connectivity index (χ0v) is 15.1. The van der Waals surface area contributed by atoms with Crippen LogP contribution in [0.3, 0.4) is 0 Å². The second-order valence-electron chi connectivity index (χ2n) is 6.24. The summed E-state index contributed by atoms with van der Waals surface area (Å²) >= 11 is 0. The number of benzene rings is 1. The molecule has 138 valence electrons. The molecule has 0 aromatic heterocycles. The van der Waals surface area contributed by atoms with Crippen LogP contribution in [-0.2, 0) is 9.53 Å². The number of aryl methyl sites for hydroxylation is 1. The van der Waals surface area contributed by atoms with Gasteiger partial charge in [0.1, 0.15) is 5.75 Å². The van der Waals surface area contributed by atoms with Crippen LogP contribution >= 0.6 is 0 Å². The van der Waals surface area contributed by atoms with Gasteiger partial charge in [0.15, 0.2) is 0 Å². The molecule has 1 N–H and O–H groups in total. The number of rotatable bonds is 7. The van der Waals surface area contributed by atoms with Gasteiger partial charge in [-0.15, -0.1) is 0 Å². The maximum atomic E-state index is 12.3. The van der Waals surface area contributed by atoms with E-state index in [1.54, 1.807) is 6.92 Å². The van der Waals surface area contributed by atoms with Crippen molar-refractivity contribution in [3.8, 4) is 5.75 Å². The normalized spacial score (nSPS) is 14.9. The summed E-state index contributed by atoms with van der Waals surface area (Å²) in [6.07, 6.45) is 2.35. The molecule has 1 heterocycles. The summed E-state index contributed by atoms with van der Waals surface area (Å²) < 4.78 is 10.6. The van der Waals surface area contributed by atoms with Crippen molar-refractivity contribution >= 4 is 12.0 Å². The Morgan fingerprint density at radius 3 is 2.64 bits per heavy atom. The first kappa shape index (κ1) is 19.1. The lowest BCUT2D eigenvalue weighted by Crippen LogP contribution is -2.46. The van der Waals surface area contributed by atoms with Crippen molar-refractivity contribution < 1.29 is 19.1 Å². The van der Waals surface area contributed by atoms with Crippen molar-refractivity contribution in [3.63, 3.8) is 0 Å². The zero-order chi connectivity index (χ0) is 18.1. The van der Waals surface area contributed by atoms with Gasteiger partial charge in [0, 0.05) is 25.6 Å². The highest BCUT2D eigenvalue weighted by Gasteiger charge is 2.23. The Balaban J connectivity index is 1.62. The van der Waals surface area contributed by atoms with Gasteiger partial charge >= 0.3 is 6.09 Å². The number of ether oxygens (including phenoxy) is 2. The maximum Gasteiger partial charge on any atom is 0.407 e. The maximum absolute atomic E-state index is 12.3. The standard InChI is InChI=1S/C19H28N2O4/c1-3-24-19(23)20-16-10-12-21(13-11-16)18(22)9-6-14-25-17-8-5-4-7-15(17)2/h4-5,7-8,16H,3,6,9-14H2,1-2H3,(H,20,23). The minimum Gasteiger partial charge on any atom is -0.493 e. The van der Waals surface area contributed by atoms with Gasteiger partial charge in [-0.3, -0.25) is 4.79 Å². The van der Waals surface area contributed by atoms with Crippen molar-refractivity contribution in [3.05, 3.63) is 29.8 Å². The number of nitrogens with zero attached hydrogens (tertiary/aromatic N) is 1. The van der Waals surface area contributed by atoms with E-state index in [9.17, 15) is 9.59 Å². The second-order valence-corrected chi connectivity index (χ2v) is 6.24. The summed E-state index contributed by atoms with van der Waals surface area (Å²) in [6, 6.07) is 7.97. The number of likely N-dealkylation sites (tertiary alicyclic amines) is 1. The molecule has 1 aliphatic rings. The number of carbonyl (C=O) groups is 2. The molecule has 1 fully saturated rings. The molecule has 1 aromatic carbocycles. The van der Waals surface area contributed by atoms with Crippen LogP contribution in [0.5, 0.6) is 5.75 Å². The molecule has 0 radical (unpaired) electrons. The molecule has 1 aromatic rings. The van der Waals surface area contributed by atoms with Crippen LogP contribution in [0.2, 0.25) is 0 Å². The largest absolute Gasteiger partial charge is 0.493 e. The van der Waals surface area contributed by atoms with Crippen LogP contribution in [0.1, 0.15) is 38.2 Å². The number of para-hydroxylation sites is 1. The Hall–Kier alpha value is -2.24. The summed E-state index contributed by atoms with van der Waals surface area (Å²) in [5.41, 5.74) is 1.10. The number of carbonyl (C=O) groups excluding carboxylic acids is 2. The number of nitrogens with one attached hydrogen (secondary N) is 1. The smallest absolute Gasteiger partial charge is 0.407 e. The first-order valence-electron chi connectivity index (χ1n) is 8.99. The highest BCUT2D eigenvalue weighted by Crippen LogP contribution is 2.17. The van der Waals surface area contributed by atoms with E-state index in [2.05, 4.69) is 5.32 Å². The summed E-state index contributed by atoms with van der Waals surface area (Å²) in [6.45, 7) is 6.05. The first-order valence-corrected chi connectivity index (χ1v) is 8.99. The summed E-state index contributed by atoms with van der Waals surface area (Å²) in [7, 11) is 0. The summed E-state index contributed by atoms with van der Waals surface area (Å²) in [5, 5.41) is 2.84. The van der Waals surface area contributed by atoms with Crippen molar-refractivity contribution in [1.29, 1.82) is 0 Å². The van der Waals surface area contributed by atoms with Crippen LogP contribution in [0.15, 0.2) is 24.3 Å². The van der Waals surface area contributed by atoms with Gasteiger partial charge in [-0.1, -0.05) is 18.2 Å². The molecule has 2 amide bonds. The third-order valence-corrected chi connectivity index (χ3v) is 4.33. The van der Waals surface area contributed by atoms with Gasteiger partial charge < -0.3 is 19.7 Å². The molecule has 6 nitrogen and oxygen atoms in total. The van der Waals surface area contributed by atoms with E-state index < -0.39 is 0 Å². The fourth-order valence-corrected chi connectivity index (χ4v) is 2.89. The van der Waals surface area contributed by atoms with Gasteiger partial charge in [0.2, 0.25) is 5.91 Å². The molecular formula is C19H28N2O4. The van der Waals surface area contributed by atoms with E-state index in [1.165, 1.54) is 0 Å². The molecule has 0 aliphatic carbocycles. The number of amides is 2. The molecule has 0 atom stereocenters. The fourth-order valence-electron chi connectivity index (χ4n) is 2.89. The molecule has 2 rings (SSSR count). The Morgan fingerprint density at radius 1 is 1.24 bits per heavy atom.